The Morgan fingerprint density at radius 1 is 1.17 bits per heavy atom. The van der Waals surface area contributed by atoms with Gasteiger partial charge in [0.2, 0.25) is 10.0 Å². The fourth-order valence-electron chi connectivity index (χ4n) is 3.78. The summed E-state index contributed by atoms with van der Waals surface area (Å²) in [6.07, 6.45) is 5.26. The van der Waals surface area contributed by atoms with Gasteiger partial charge >= 0.3 is 0 Å². The van der Waals surface area contributed by atoms with Crippen molar-refractivity contribution in [3.8, 4) is 0 Å². The minimum Gasteiger partial charge on any atom is -0.378 e. The van der Waals surface area contributed by atoms with E-state index in [0.29, 0.717) is 10.9 Å². The third-order valence-corrected chi connectivity index (χ3v) is 6.02. The Balaban J connectivity index is 1.80. The molecule has 0 radical (unpaired) electrons. The lowest BCUT2D eigenvalue weighted by Crippen LogP contribution is -2.29. The van der Waals surface area contributed by atoms with Crippen molar-refractivity contribution in [2.45, 2.75) is 23.3 Å². The Morgan fingerprint density at radius 3 is 2.75 bits per heavy atom. The van der Waals surface area contributed by atoms with Gasteiger partial charge in [-0.15, -0.1) is 0 Å². The van der Waals surface area contributed by atoms with Crippen LogP contribution in [-0.4, -0.2) is 8.42 Å². The normalized spacial score (nSPS) is 25.0. The fourth-order valence-corrected chi connectivity index (χ4v) is 4.53. The zero-order valence-electron chi connectivity index (χ0n) is 12.8. The predicted molar refractivity (Wildman–Crippen MR) is 95.6 cm³/mol. The van der Waals surface area contributed by atoms with Gasteiger partial charge in [0.25, 0.3) is 0 Å². The van der Waals surface area contributed by atoms with Crippen molar-refractivity contribution in [1.29, 1.82) is 0 Å². The first-order chi connectivity index (χ1) is 11.4. The van der Waals surface area contributed by atoms with Gasteiger partial charge < -0.3 is 5.32 Å². The fraction of sp³-hybridized carbons (Fsp3) is 0.222. The molecule has 2 aromatic carbocycles. The second-order valence-electron chi connectivity index (χ2n) is 6.32. The maximum Gasteiger partial charge on any atom is 0.238 e. The zero-order chi connectivity index (χ0) is 16.9. The molecule has 4 nitrogen and oxygen atoms in total. The lowest BCUT2D eigenvalue weighted by atomic mass is 9.77. The summed E-state index contributed by atoms with van der Waals surface area (Å²) in [7, 11) is -3.71. The maximum atomic E-state index is 11.7. The molecule has 0 saturated heterocycles. The highest BCUT2D eigenvalue weighted by Crippen LogP contribution is 2.50. The lowest BCUT2D eigenvalue weighted by molar-refractivity contribution is 0.425. The van der Waals surface area contributed by atoms with Crippen LogP contribution >= 0.6 is 11.6 Å². The van der Waals surface area contributed by atoms with Crippen LogP contribution in [0, 0.1) is 5.92 Å². The van der Waals surface area contributed by atoms with Crippen molar-refractivity contribution in [3.63, 3.8) is 0 Å². The molecule has 3 N–H and O–H groups in total. The molecule has 0 fully saturated rings. The van der Waals surface area contributed by atoms with Crippen LogP contribution in [0.15, 0.2) is 59.5 Å². The van der Waals surface area contributed by atoms with Gasteiger partial charge in [-0.1, -0.05) is 35.9 Å². The van der Waals surface area contributed by atoms with Crippen LogP contribution in [0.1, 0.15) is 29.5 Å². The van der Waals surface area contributed by atoms with Crippen molar-refractivity contribution in [2.75, 3.05) is 5.32 Å². The molecule has 3 unspecified atom stereocenters. The summed E-state index contributed by atoms with van der Waals surface area (Å²) < 4.78 is 23.3. The van der Waals surface area contributed by atoms with E-state index in [1.54, 1.807) is 18.2 Å². The van der Waals surface area contributed by atoms with Crippen LogP contribution in [0.3, 0.4) is 0 Å². The van der Waals surface area contributed by atoms with Gasteiger partial charge in [-0.2, -0.15) is 0 Å². The zero-order valence-corrected chi connectivity index (χ0v) is 14.4. The SMILES string of the molecule is NS(=O)(=O)c1ccc2c(c1)C1C=CCC1C(c1cccc(Cl)c1)N2. The minimum absolute atomic E-state index is 0.136. The number of benzene rings is 2. The molecule has 0 aromatic heterocycles. The van der Waals surface area contributed by atoms with E-state index in [2.05, 4.69) is 23.5 Å². The van der Waals surface area contributed by atoms with Crippen LogP contribution in [0.5, 0.6) is 0 Å². The lowest BCUT2D eigenvalue weighted by Gasteiger charge is -2.37. The first-order valence-electron chi connectivity index (χ1n) is 7.79. The average molecular weight is 361 g/mol. The molecular weight excluding hydrogens is 344 g/mol. The number of halogens is 1. The van der Waals surface area contributed by atoms with Gasteiger partial charge in [-0.25, -0.2) is 13.6 Å². The Labute approximate surface area is 146 Å². The topological polar surface area (TPSA) is 72.2 Å². The number of primary sulfonamides is 1. The molecule has 1 aliphatic heterocycles. The maximum absolute atomic E-state index is 11.7. The summed E-state index contributed by atoms with van der Waals surface area (Å²) in [5.74, 6) is 0.499. The first kappa shape index (κ1) is 15.7. The molecule has 0 amide bonds. The molecule has 124 valence electrons. The summed E-state index contributed by atoms with van der Waals surface area (Å²) in [5, 5.41) is 9.55. The van der Waals surface area contributed by atoms with Gasteiger partial charge in [0, 0.05) is 16.6 Å². The van der Waals surface area contributed by atoms with Crippen LogP contribution in [0.4, 0.5) is 5.69 Å². The van der Waals surface area contributed by atoms with Crippen molar-refractivity contribution in [3.05, 3.63) is 70.8 Å². The van der Waals surface area contributed by atoms with Gasteiger partial charge in [0.15, 0.2) is 0 Å². The Kier molecular flexibility index (Phi) is 3.67. The average Bonchev–Trinajstić information content (AvgIpc) is 3.02. The number of fused-ring (bicyclic) bond motifs is 3. The van der Waals surface area contributed by atoms with E-state index >= 15 is 0 Å². The van der Waals surface area contributed by atoms with E-state index < -0.39 is 10.0 Å². The molecule has 4 rings (SSSR count). The number of hydrogen-bond acceptors (Lipinski definition) is 3. The summed E-state index contributed by atoms with van der Waals surface area (Å²) >= 11 is 6.15. The molecule has 1 aliphatic carbocycles. The highest BCUT2D eigenvalue weighted by atomic mass is 35.5. The molecule has 0 bridgehead atoms. The molecule has 3 atom stereocenters. The third-order valence-electron chi connectivity index (χ3n) is 4.87. The molecule has 2 aromatic rings. The van der Waals surface area contributed by atoms with Crippen molar-refractivity contribution < 1.29 is 8.42 Å². The van der Waals surface area contributed by atoms with Crippen molar-refractivity contribution in [1.82, 2.24) is 0 Å². The molecule has 1 heterocycles. The van der Waals surface area contributed by atoms with E-state index in [1.807, 2.05) is 18.2 Å². The molecule has 2 aliphatic rings. The smallest absolute Gasteiger partial charge is 0.238 e. The summed E-state index contributed by atoms with van der Waals surface area (Å²) in [6, 6.07) is 13.1. The first-order valence-corrected chi connectivity index (χ1v) is 9.71. The Morgan fingerprint density at radius 2 is 2.00 bits per heavy atom. The number of nitrogens with two attached hydrogens (primary N) is 1. The van der Waals surface area contributed by atoms with Gasteiger partial charge in [0.05, 0.1) is 10.9 Å². The summed E-state index contributed by atoms with van der Waals surface area (Å²) in [5.41, 5.74) is 3.07. The van der Waals surface area contributed by atoms with E-state index in [9.17, 15) is 8.42 Å². The molecule has 0 spiro atoms. The Bertz CT molecular complexity index is 940. The van der Waals surface area contributed by atoms with Crippen LogP contribution in [0.25, 0.3) is 0 Å². The second kappa shape index (κ2) is 5.62. The second-order valence-corrected chi connectivity index (χ2v) is 8.32. The summed E-state index contributed by atoms with van der Waals surface area (Å²) in [4.78, 5) is 0.156. The van der Waals surface area contributed by atoms with E-state index in [4.69, 9.17) is 16.7 Å². The van der Waals surface area contributed by atoms with Crippen LogP contribution in [0.2, 0.25) is 5.02 Å². The van der Waals surface area contributed by atoms with E-state index in [0.717, 1.165) is 23.2 Å². The number of nitrogens with one attached hydrogen (secondary N) is 1. The molecule has 6 heteroatoms. The van der Waals surface area contributed by atoms with E-state index in [1.165, 1.54) is 0 Å². The molecule has 0 saturated carbocycles. The van der Waals surface area contributed by atoms with Gasteiger partial charge in [-0.05, 0) is 53.8 Å². The largest absolute Gasteiger partial charge is 0.378 e. The third kappa shape index (κ3) is 2.62. The molecular formula is C18H17ClN2O2S. The van der Waals surface area contributed by atoms with Gasteiger partial charge in [0.1, 0.15) is 0 Å². The minimum atomic E-state index is -3.71. The van der Waals surface area contributed by atoms with Crippen LogP contribution < -0.4 is 10.5 Å². The Hall–Kier alpha value is -1.82. The highest BCUT2D eigenvalue weighted by Gasteiger charge is 2.38. The van der Waals surface area contributed by atoms with Gasteiger partial charge in [-0.3, -0.25) is 0 Å². The van der Waals surface area contributed by atoms with E-state index in [-0.39, 0.29) is 16.9 Å². The summed E-state index contributed by atoms with van der Waals surface area (Å²) in [6.45, 7) is 0. The monoisotopic (exact) mass is 360 g/mol. The highest BCUT2D eigenvalue weighted by molar-refractivity contribution is 7.89. The van der Waals surface area contributed by atoms with Crippen molar-refractivity contribution in [2.24, 2.45) is 11.1 Å². The number of hydrogen-bond donors (Lipinski definition) is 2. The van der Waals surface area contributed by atoms with Crippen LogP contribution in [-0.2, 0) is 10.0 Å². The van der Waals surface area contributed by atoms with Crippen molar-refractivity contribution >= 4 is 27.3 Å². The standard InChI is InChI=1S/C18H17ClN2O2S/c19-12-4-1-3-11(9-12)18-15-6-2-5-14(15)16-10-13(24(20,22)23)7-8-17(16)21-18/h1-5,7-10,14-15,18,21H,6H2,(H2,20,22,23). The number of rotatable bonds is 2. The number of allylic oxidation sites excluding steroid dienone is 2. The number of anilines is 1. The molecule has 24 heavy (non-hydrogen) atoms. The predicted octanol–water partition coefficient (Wildman–Crippen LogP) is 3.81. The number of sulfonamides is 1. The quantitative estimate of drug-likeness (QED) is 0.800.